The summed E-state index contributed by atoms with van der Waals surface area (Å²) in [6, 6.07) is 5.01. The SMILES string of the molecule is COC(=O)c1cc(OS(=O)(=O)C(F)(F)F)c2ncccc2c1. The van der Waals surface area contributed by atoms with Crippen LogP contribution in [0.4, 0.5) is 13.2 Å². The maximum Gasteiger partial charge on any atom is 0.534 e. The fourth-order valence-corrected chi connectivity index (χ4v) is 2.08. The maximum absolute atomic E-state index is 12.4. The summed E-state index contributed by atoms with van der Waals surface area (Å²) in [7, 11) is -4.81. The average Bonchev–Trinajstić information content (AvgIpc) is 2.44. The lowest BCUT2D eigenvalue weighted by atomic mass is 10.1. The van der Waals surface area contributed by atoms with Crippen LogP contribution in [-0.2, 0) is 14.9 Å². The molecule has 2 rings (SSSR count). The molecule has 0 aliphatic rings. The van der Waals surface area contributed by atoms with E-state index in [2.05, 4.69) is 13.9 Å². The predicted octanol–water partition coefficient (Wildman–Crippen LogP) is 2.25. The van der Waals surface area contributed by atoms with Crippen LogP contribution < -0.4 is 4.18 Å². The molecule has 2 aromatic rings. The molecule has 0 saturated heterocycles. The van der Waals surface area contributed by atoms with Crippen LogP contribution >= 0.6 is 0 Å². The second-order valence-electron chi connectivity index (χ2n) is 4.02. The molecule has 1 aromatic heterocycles. The molecule has 0 saturated carbocycles. The van der Waals surface area contributed by atoms with E-state index in [1.165, 1.54) is 24.4 Å². The normalized spacial score (nSPS) is 12.2. The van der Waals surface area contributed by atoms with Crippen molar-refractivity contribution in [2.75, 3.05) is 7.11 Å². The van der Waals surface area contributed by atoms with Crippen molar-refractivity contribution in [1.82, 2.24) is 4.98 Å². The number of halogens is 3. The van der Waals surface area contributed by atoms with Gasteiger partial charge in [-0.25, -0.2) is 4.79 Å². The Morgan fingerprint density at radius 2 is 1.95 bits per heavy atom. The Kier molecular flexibility index (Phi) is 3.96. The summed E-state index contributed by atoms with van der Waals surface area (Å²) in [5.74, 6) is -1.57. The van der Waals surface area contributed by atoms with Crippen molar-refractivity contribution >= 4 is 27.0 Å². The first kappa shape index (κ1) is 16.0. The van der Waals surface area contributed by atoms with Crippen LogP contribution in [0.1, 0.15) is 10.4 Å². The molecule has 10 heteroatoms. The number of carbonyl (C=O) groups excluding carboxylic acids is 1. The van der Waals surface area contributed by atoms with Gasteiger partial charge in [0, 0.05) is 11.6 Å². The Morgan fingerprint density at radius 3 is 2.55 bits per heavy atom. The molecule has 0 fully saturated rings. The molecule has 1 heterocycles. The zero-order chi connectivity index (χ0) is 16.5. The van der Waals surface area contributed by atoms with Gasteiger partial charge in [0.2, 0.25) is 0 Å². The Bertz CT molecular complexity index is 832. The van der Waals surface area contributed by atoms with Crippen molar-refractivity contribution < 1.29 is 35.3 Å². The van der Waals surface area contributed by atoms with E-state index in [-0.39, 0.29) is 16.5 Å². The lowest BCUT2D eigenvalue weighted by Crippen LogP contribution is -2.28. The van der Waals surface area contributed by atoms with Gasteiger partial charge in [0.25, 0.3) is 0 Å². The largest absolute Gasteiger partial charge is 0.534 e. The molecule has 0 atom stereocenters. The molecule has 0 bridgehead atoms. The Labute approximate surface area is 122 Å². The topological polar surface area (TPSA) is 82.6 Å². The molecule has 0 amide bonds. The van der Waals surface area contributed by atoms with Crippen LogP contribution in [0.3, 0.4) is 0 Å². The molecule has 22 heavy (non-hydrogen) atoms. The smallest absolute Gasteiger partial charge is 0.465 e. The first-order chi connectivity index (χ1) is 10.2. The number of benzene rings is 1. The summed E-state index contributed by atoms with van der Waals surface area (Å²) in [5, 5.41) is 0.220. The standard InChI is InChI=1S/C12H8F3NO5S/c1-20-11(17)8-5-7-3-2-4-16-10(7)9(6-8)21-22(18,19)12(13,14)15/h2-6H,1H3. The molecular formula is C12H8F3NO5S. The van der Waals surface area contributed by atoms with Crippen molar-refractivity contribution in [3.8, 4) is 5.75 Å². The highest BCUT2D eigenvalue weighted by molar-refractivity contribution is 7.88. The van der Waals surface area contributed by atoms with Gasteiger partial charge in [0.05, 0.1) is 12.7 Å². The van der Waals surface area contributed by atoms with E-state index >= 15 is 0 Å². The number of esters is 1. The molecule has 0 N–H and O–H groups in total. The second-order valence-corrected chi connectivity index (χ2v) is 5.56. The number of carbonyl (C=O) groups is 1. The van der Waals surface area contributed by atoms with Gasteiger partial charge in [-0.2, -0.15) is 21.6 Å². The van der Waals surface area contributed by atoms with E-state index < -0.39 is 27.3 Å². The summed E-state index contributed by atoms with van der Waals surface area (Å²) in [4.78, 5) is 15.3. The molecule has 1 aromatic carbocycles. The third-order valence-electron chi connectivity index (χ3n) is 2.57. The Hall–Kier alpha value is -2.36. The Balaban J connectivity index is 2.64. The second kappa shape index (κ2) is 5.44. The predicted molar refractivity (Wildman–Crippen MR) is 68.7 cm³/mol. The van der Waals surface area contributed by atoms with Crippen molar-refractivity contribution in [2.45, 2.75) is 5.51 Å². The zero-order valence-electron chi connectivity index (χ0n) is 10.9. The van der Waals surface area contributed by atoms with Crippen molar-refractivity contribution in [3.63, 3.8) is 0 Å². The molecule has 0 unspecified atom stereocenters. The van der Waals surface area contributed by atoms with Crippen LogP contribution in [-0.4, -0.2) is 32.0 Å². The summed E-state index contributed by atoms with van der Waals surface area (Å²) < 4.78 is 68.1. The first-order valence-corrected chi connectivity index (χ1v) is 7.04. The van der Waals surface area contributed by atoms with Gasteiger partial charge >= 0.3 is 21.6 Å². The van der Waals surface area contributed by atoms with E-state index in [0.717, 1.165) is 13.2 Å². The molecule has 6 nitrogen and oxygen atoms in total. The number of aromatic nitrogens is 1. The van der Waals surface area contributed by atoms with E-state index in [1.54, 1.807) is 0 Å². The molecule has 118 valence electrons. The molecule has 0 aliphatic carbocycles. The lowest BCUT2D eigenvalue weighted by Gasteiger charge is -2.12. The fourth-order valence-electron chi connectivity index (χ4n) is 1.62. The number of hydrogen-bond donors (Lipinski definition) is 0. The highest BCUT2D eigenvalue weighted by atomic mass is 32.2. The van der Waals surface area contributed by atoms with Crippen molar-refractivity contribution in [1.29, 1.82) is 0 Å². The highest BCUT2D eigenvalue weighted by Gasteiger charge is 2.48. The first-order valence-electron chi connectivity index (χ1n) is 5.63. The van der Waals surface area contributed by atoms with Gasteiger partial charge in [-0.3, -0.25) is 4.98 Å². The number of ether oxygens (including phenoxy) is 1. The van der Waals surface area contributed by atoms with Crippen LogP contribution in [0.15, 0.2) is 30.5 Å². The zero-order valence-corrected chi connectivity index (χ0v) is 11.7. The molecule has 0 radical (unpaired) electrons. The van der Waals surface area contributed by atoms with Crippen LogP contribution in [0.25, 0.3) is 10.9 Å². The summed E-state index contributed by atoms with van der Waals surface area (Å²) in [6.07, 6.45) is 1.24. The summed E-state index contributed by atoms with van der Waals surface area (Å²) >= 11 is 0. The van der Waals surface area contributed by atoms with Gasteiger partial charge in [-0.15, -0.1) is 0 Å². The fraction of sp³-hybridized carbons (Fsp3) is 0.167. The van der Waals surface area contributed by atoms with E-state index in [0.29, 0.717) is 0 Å². The van der Waals surface area contributed by atoms with E-state index in [9.17, 15) is 26.4 Å². The quantitative estimate of drug-likeness (QED) is 0.486. The minimum atomic E-state index is -5.88. The van der Waals surface area contributed by atoms with Crippen molar-refractivity contribution in [2.24, 2.45) is 0 Å². The Morgan fingerprint density at radius 1 is 1.27 bits per heavy atom. The number of nitrogens with zero attached hydrogens (tertiary/aromatic N) is 1. The van der Waals surface area contributed by atoms with Gasteiger partial charge in [0.1, 0.15) is 5.52 Å². The van der Waals surface area contributed by atoms with E-state index in [1.807, 2.05) is 0 Å². The lowest BCUT2D eigenvalue weighted by molar-refractivity contribution is -0.0499. The molecular weight excluding hydrogens is 327 g/mol. The number of alkyl halides is 3. The van der Waals surface area contributed by atoms with Gasteiger partial charge in [-0.05, 0) is 18.2 Å². The van der Waals surface area contributed by atoms with Gasteiger partial charge < -0.3 is 8.92 Å². The number of hydrogen-bond acceptors (Lipinski definition) is 6. The van der Waals surface area contributed by atoms with Crippen molar-refractivity contribution in [3.05, 3.63) is 36.0 Å². The monoisotopic (exact) mass is 335 g/mol. The number of fused-ring (bicyclic) bond motifs is 1. The maximum atomic E-state index is 12.4. The minimum absolute atomic E-state index is 0.136. The van der Waals surface area contributed by atoms with Gasteiger partial charge in [0.15, 0.2) is 5.75 Å². The van der Waals surface area contributed by atoms with Crippen LogP contribution in [0.5, 0.6) is 5.75 Å². The third kappa shape index (κ3) is 2.96. The highest BCUT2D eigenvalue weighted by Crippen LogP contribution is 2.32. The molecule has 0 spiro atoms. The minimum Gasteiger partial charge on any atom is -0.465 e. The average molecular weight is 335 g/mol. The van der Waals surface area contributed by atoms with Crippen LogP contribution in [0, 0.1) is 0 Å². The van der Waals surface area contributed by atoms with Gasteiger partial charge in [-0.1, -0.05) is 6.07 Å². The third-order valence-corrected chi connectivity index (χ3v) is 3.54. The van der Waals surface area contributed by atoms with E-state index in [4.69, 9.17) is 0 Å². The summed E-state index contributed by atoms with van der Waals surface area (Å²) in [6.45, 7) is 0. The van der Waals surface area contributed by atoms with Crippen LogP contribution in [0.2, 0.25) is 0 Å². The number of pyridine rings is 1. The number of rotatable bonds is 3. The molecule has 0 aliphatic heterocycles. The number of methoxy groups -OCH3 is 1. The summed E-state index contributed by atoms with van der Waals surface area (Å²) in [5.41, 5.74) is -5.91.